The number of benzene rings is 3. The number of ketones is 1. The number of halogens is 1. The second-order valence-corrected chi connectivity index (χ2v) is 9.71. The number of rotatable bonds is 11. The lowest BCUT2D eigenvalue weighted by Crippen LogP contribution is -2.20. The molecule has 2 N–H and O–H groups in total. The lowest BCUT2D eigenvalue weighted by molar-refractivity contribution is -0.146. The molecule has 0 aliphatic carbocycles. The predicted octanol–water partition coefficient (Wildman–Crippen LogP) is 5.22. The van der Waals surface area contributed by atoms with Crippen molar-refractivity contribution >= 4 is 39.3 Å². The maximum absolute atomic E-state index is 12.8. The van der Waals surface area contributed by atoms with Gasteiger partial charge in [-0.1, -0.05) is 55.5 Å². The molecule has 0 spiro atoms. The molecule has 8 heteroatoms. The van der Waals surface area contributed by atoms with Crippen molar-refractivity contribution in [3.8, 4) is 0 Å². The fourth-order valence-corrected chi connectivity index (χ4v) is 4.42. The fraction of sp³-hybridized carbons (Fsp3) is 0.276. The number of nitrogens with zero attached hydrogens (tertiary/aromatic N) is 1. The summed E-state index contributed by atoms with van der Waals surface area (Å²) < 4.78 is 11.3. The molecule has 0 fully saturated rings. The molecule has 3 aromatic carbocycles. The van der Waals surface area contributed by atoms with Gasteiger partial charge in [-0.05, 0) is 65.8 Å². The molecule has 0 aliphatic rings. The molecular weight excluding hydrogens is 536 g/mol. The average molecular weight is 567 g/mol. The number of carbonyl (C=O) groups excluding carboxylic acids is 3. The summed E-state index contributed by atoms with van der Waals surface area (Å²) in [7, 11) is 3.82. The standard InChI is InChI=1S/C29H31BrN2O5/c1-4-24(20-11-8-12-21(15-20)27(33)19-9-6-5-7-10-19)29(35)37-14-13-36-28(34)22-16-23(18-32(2)3)26(31)25(30)17-22/h5-12,15-17,24H,4,13-14,18,31H2,1-3H3. The van der Waals surface area contributed by atoms with E-state index in [0.29, 0.717) is 45.4 Å². The highest BCUT2D eigenvalue weighted by molar-refractivity contribution is 9.10. The van der Waals surface area contributed by atoms with Crippen molar-refractivity contribution in [2.45, 2.75) is 25.8 Å². The van der Waals surface area contributed by atoms with Crippen LogP contribution in [0.3, 0.4) is 0 Å². The largest absolute Gasteiger partial charge is 0.462 e. The van der Waals surface area contributed by atoms with E-state index >= 15 is 0 Å². The van der Waals surface area contributed by atoms with Crippen LogP contribution in [-0.4, -0.2) is 49.9 Å². The smallest absolute Gasteiger partial charge is 0.338 e. The van der Waals surface area contributed by atoms with Crippen LogP contribution in [0, 0.1) is 0 Å². The SMILES string of the molecule is CCC(C(=O)OCCOC(=O)c1cc(Br)c(N)c(CN(C)C)c1)c1cccc(C(=O)c2ccccc2)c1. The van der Waals surface area contributed by atoms with E-state index in [9.17, 15) is 14.4 Å². The van der Waals surface area contributed by atoms with Crippen molar-refractivity contribution in [2.75, 3.05) is 33.0 Å². The molecule has 0 saturated heterocycles. The van der Waals surface area contributed by atoms with E-state index in [2.05, 4.69) is 15.9 Å². The molecule has 37 heavy (non-hydrogen) atoms. The summed E-state index contributed by atoms with van der Waals surface area (Å²) >= 11 is 3.39. The van der Waals surface area contributed by atoms with Gasteiger partial charge in [-0.2, -0.15) is 0 Å². The minimum absolute atomic E-state index is 0.0790. The van der Waals surface area contributed by atoms with Gasteiger partial charge in [0.25, 0.3) is 0 Å². The molecule has 0 amide bonds. The fourth-order valence-electron chi connectivity index (χ4n) is 3.92. The normalized spacial score (nSPS) is 11.7. The van der Waals surface area contributed by atoms with Gasteiger partial charge in [0.2, 0.25) is 0 Å². The minimum atomic E-state index is -0.541. The van der Waals surface area contributed by atoms with Gasteiger partial charge in [0.1, 0.15) is 13.2 Å². The molecule has 194 valence electrons. The van der Waals surface area contributed by atoms with Crippen LogP contribution >= 0.6 is 15.9 Å². The molecule has 0 heterocycles. The molecule has 0 aliphatic heterocycles. The third kappa shape index (κ3) is 7.50. The minimum Gasteiger partial charge on any atom is -0.462 e. The zero-order chi connectivity index (χ0) is 26.9. The van der Waals surface area contributed by atoms with Gasteiger partial charge in [-0.15, -0.1) is 0 Å². The maximum atomic E-state index is 12.8. The van der Waals surface area contributed by atoms with Gasteiger partial charge in [0.05, 0.1) is 17.2 Å². The number of ether oxygens (including phenoxy) is 2. The van der Waals surface area contributed by atoms with Crippen LogP contribution in [0.15, 0.2) is 71.2 Å². The molecule has 3 rings (SSSR count). The lowest BCUT2D eigenvalue weighted by atomic mass is 9.93. The van der Waals surface area contributed by atoms with Gasteiger partial charge in [0.15, 0.2) is 5.78 Å². The first kappa shape index (κ1) is 28.1. The number of nitrogens with two attached hydrogens (primary N) is 1. The summed E-state index contributed by atoms with van der Waals surface area (Å²) in [5.74, 6) is -1.62. The summed E-state index contributed by atoms with van der Waals surface area (Å²) in [5, 5.41) is 0. The highest BCUT2D eigenvalue weighted by atomic mass is 79.9. The molecule has 0 radical (unpaired) electrons. The average Bonchev–Trinajstić information content (AvgIpc) is 2.89. The monoisotopic (exact) mass is 566 g/mol. The number of hydrogen-bond donors (Lipinski definition) is 1. The molecule has 1 atom stereocenters. The quantitative estimate of drug-likeness (QED) is 0.147. The Labute approximate surface area is 225 Å². The van der Waals surface area contributed by atoms with Crippen LogP contribution in [-0.2, 0) is 20.8 Å². The second-order valence-electron chi connectivity index (χ2n) is 8.85. The maximum Gasteiger partial charge on any atom is 0.338 e. The van der Waals surface area contributed by atoms with Crippen molar-refractivity contribution in [3.05, 3.63) is 99.0 Å². The topological polar surface area (TPSA) is 98.9 Å². The van der Waals surface area contributed by atoms with Crippen molar-refractivity contribution in [3.63, 3.8) is 0 Å². The lowest BCUT2D eigenvalue weighted by Gasteiger charge is -2.16. The summed E-state index contributed by atoms with van der Waals surface area (Å²) in [4.78, 5) is 40.1. The molecule has 1 unspecified atom stereocenters. The highest BCUT2D eigenvalue weighted by Crippen LogP contribution is 2.27. The molecule has 0 saturated carbocycles. The zero-order valence-electron chi connectivity index (χ0n) is 21.2. The molecule has 0 bridgehead atoms. The van der Waals surface area contributed by atoms with Gasteiger partial charge in [-0.25, -0.2) is 4.79 Å². The summed E-state index contributed by atoms with van der Waals surface area (Å²) in [5.41, 5.74) is 9.62. The van der Waals surface area contributed by atoms with Crippen LogP contribution in [0.25, 0.3) is 0 Å². The van der Waals surface area contributed by atoms with Crippen LogP contribution in [0.5, 0.6) is 0 Å². The Kier molecular flexibility index (Phi) is 10.00. The van der Waals surface area contributed by atoms with Crippen LogP contribution in [0.1, 0.15) is 56.7 Å². The number of nitrogen functional groups attached to an aromatic ring is 1. The highest BCUT2D eigenvalue weighted by Gasteiger charge is 2.22. The Morgan fingerprint density at radius 1 is 0.892 bits per heavy atom. The van der Waals surface area contributed by atoms with Gasteiger partial charge in [0, 0.05) is 22.1 Å². The van der Waals surface area contributed by atoms with E-state index < -0.39 is 17.9 Å². The Morgan fingerprint density at radius 3 is 2.24 bits per heavy atom. The number of anilines is 1. The Bertz CT molecular complexity index is 1260. The number of hydrogen-bond acceptors (Lipinski definition) is 7. The Hall–Kier alpha value is -3.49. The first-order chi connectivity index (χ1) is 17.7. The summed E-state index contributed by atoms with van der Waals surface area (Å²) in [6, 6.07) is 19.3. The van der Waals surface area contributed by atoms with E-state index in [1.54, 1.807) is 42.5 Å². The predicted molar refractivity (Wildman–Crippen MR) is 147 cm³/mol. The molecule has 7 nitrogen and oxygen atoms in total. The van der Waals surface area contributed by atoms with Crippen molar-refractivity contribution in [1.29, 1.82) is 0 Å². The van der Waals surface area contributed by atoms with E-state index in [-0.39, 0.29) is 19.0 Å². The van der Waals surface area contributed by atoms with Crippen LogP contribution in [0.4, 0.5) is 5.69 Å². The summed E-state index contributed by atoms with van der Waals surface area (Å²) in [6.45, 7) is 2.28. The van der Waals surface area contributed by atoms with E-state index in [1.165, 1.54) is 0 Å². The van der Waals surface area contributed by atoms with E-state index in [1.807, 2.05) is 50.2 Å². The third-order valence-corrected chi connectivity index (χ3v) is 6.43. The first-order valence-corrected chi connectivity index (χ1v) is 12.8. The van der Waals surface area contributed by atoms with E-state index in [0.717, 1.165) is 5.56 Å². The molecular formula is C29H31BrN2O5. The van der Waals surface area contributed by atoms with E-state index in [4.69, 9.17) is 15.2 Å². The Morgan fingerprint density at radius 2 is 1.57 bits per heavy atom. The van der Waals surface area contributed by atoms with Crippen molar-refractivity contribution < 1.29 is 23.9 Å². The second kappa shape index (κ2) is 13.2. The first-order valence-electron chi connectivity index (χ1n) is 12.0. The van der Waals surface area contributed by atoms with Gasteiger partial charge in [-0.3, -0.25) is 9.59 Å². The van der Waals surface area contributed by atoms with Crippen LogP contribution in [0.2, 0.25) is 0 Å². The zero-order valence-corrected chi connectivity index (χ0v) is 22.8. The van der Waals surface area contributed by atoms with Crippen molar-refractivity contribution in [2.24, 2.45) is 0 Å². The summed E-state index contributed by atoms with van der Waals surface area (Å²) in [6.07, 6.45) is 0.496. The van der Waals surface area contributed by atoms with Crippen molar-refractivity contribution in [1.82, 2.24) is 4.90 Å². The molecule has 3 aromatic rings. The third-order valence-electron chi connectivity index (χ3n) is 5.78. The van der Waals surface area contributed by atoms with Gasteiger partial charge >= 0.3 is 11.9 Å². The van der Waals surface area contributed by atoms with Gasteiger partial charge < -0.3 is 20.1 Å². The molecule has 0 aromatic heterocycles. The number of esters is 2. The number of carbonyl (C=O) groups is 3. The Balaban J connectivity index is 1.58. The van der Waals surface area contributed by atoms with Crippen LogP contribution < -0.4 is 5.73 Å².